The Hall–Kier alpha value is -1.64. The summed E-state index contributed by atoms with van der Waals surface area (Å²) >= 11 is 0. The average molecular weight is 611 g/mol. The van der Waals surface area contributed by atoms with Gasteiger partial charge in [-0.15, -0.1) is 0 Å². The van der Waals surface area contributed by atoms with Crippen molar-refractivity contribution in [2.75, 3.05) is 6.61 Å². The van der Waals surface area contributed by atoms with E-state index in [-0.39, 0.29) is 5.75 Å². The minimum atomic E-state index is -0.860. The van der Waals surface area contributed by atoms with Gasteiger partial charge in [-0.05, 0) is 144 Å². The van der Waals surface area contributed by atoms with Crippen LogP contribution in [0.25, 0.3) is 5.57 Å². The van der Waals surface area contributed by atoms with Crippen molar-refractivity contribution in [2.45, 2.75) is 150 Å². The Labute approximate surface area is 269 Å². The van der Waals surface area contributed by atoms with Crippen molar-refractivity contribution in [1.82, 2.24) is 0 Å². The summed E-state index contributed by atoms with van der Waals surface area (Å²) in [5, 5.41) is 0. The van der Waals surface area contributed by atoms with Crippen LogP contribution in [-0.2, 0) is 0 Å². The number of ether oxygens (including phenoxy) is 1. The van der Waals surface area contributed by atoms with Gasteiger partial charge in [-0.3, -0.25) is 0 Å². The molecule has 0 bridgehead atoms. The third kappa shape index (κ3) is 9.93. The molecule has 0 radical (unpaired) electrons. The number of hydrogen-bond acceptors (Lipinski definition) is 1. The van der Waals surface area contributed by atoms with Crippen LogP contribution in [0, 0.1) is 53.1 Å². The van der Waals surface area contributed by atoms with Crippen molar-refractivity contribution < 1.29 is 13.5 Å². The molecule has 0 aromatic heterocycles. The van der Waals surface area contributed by atoms with Gasteiger partial charge in [0, 0.05) is 5.56 Å². The second kappa shape index (κ2) is 18.5. The normalized spacial score (nSPS) is 31.2. The Kier molecular flexibility index (Phi) is 14.8. The summed E-state index contributed by atoms with van der Waals surface area (Å²) < 4.78 is 33.7. The molecule has 1 unspecified atom stereocenters. The Morgan fingerprint density at radius 1 is 0.682 bits per heavy atom. The number of rotatable bonds is 10. The molecule has 0 amide bonds. The lowest BCUT2D eigenvalue weighted by Gasteiger charge is -2.37. The third-order valence-corrected chi connectivity index (χ3v) is 11.9. The molecule has 4 aliphatic carbocycles. The maximum absolute atomic E-state index is 14.4. The average Bonchev–Trinajstić information content (AvgIpc) is 3.06. The number of hydrogen-bond donors (Lipinski definition) is 0. The van der Waals surface area contributed by atoms with Crippen LogP contribution < -0.4 is 4.74 Å². The van der Waals surface area contributed by atoms with Crippen molar-refractivity contribution >= 4 is 5.57 Å². The first kappa shape index (κ1) is 35.2. The van der Waals surface area contributed by atoms with Gasteiger partial charge in [0.1, 0.15) is 0 Å². The van der Waals surface area contributed by atoms with Crippen LogP contribution in [0.4, 0.5) is 8.78 Å². The van der Waals surface area contributed by atoms with E-state index < -0.39 is 11.6 Å². The van der Waals surface area contributed by atoms with Gasteiger partial charge in [0.05, 0.1) is 6.61 Å². The molecule has 3 fully saturated rings. The molecule has 0 spiro atoms. The lowest BCUT2D eigenvalue weighted by Crippen LogP contribution is -2.25. The van der Waals surface area contributed by atoms with Crippen LogP contribution in [-0.4, -0.2) is 6.61 Å². The molecule has 1 nitrogen and oxygen atoms in total. The van der Waals surface area contributed by atoms with Crippen LogP contribution >= 0.6 is 0 Å². The van der Waals surface area contributed by atoms with E-state index in [2.05, 4.69) is 39.0 Å². The Bertz CT molecular complexity index is 1020. The Balaban J connectivity index is 0.000000215. The van der Waals surface area contributed by atoms with Crippen LogP contribution in [0.3, 0.4) is 0 Å². The largest absolute Gasteiger partial charge is 0.491 e. The topological polar surface area (TPSA) is 9.23 Å². The zero-order valence-corrected chi connectivity index (χ0v) is 28.7. The first-order chi connectivity index (χ1) is 21.5. The molecular weight excluding hydrogens is 546 g/mol. The van der Waals surface area contributed by atoms with Crippen LogP contribution in [0.1, 0.15) is 155 Å². The summed E-state index contributed by atoms with van der Waals surface area (Å²) in [6.07, 6.45) is 32.9. The quantitative estimate of drug-likeness (QED) is 0.239. The van der Waals surface area contributed by atoms with Crippen molar-refractivity contribution in [2.24, 2.45) is 41.4 Å². The summed E-state index contributed by atoms with van der Waals surface area (Å²) in [6.45, 7) is 8.89. The predicted molar refractivity (Wildman–Crippen MR) is 184 cm³/mol. The predicted octanol–water partition coefficient (Wildman–Crippen LogP) is 13.1. The van der Waals surface area contributed by atoms with Crippen LogP contribution in [0.15, 0.2) is 30.4 Å². The lowest BCUT2D eigenvalue weighted by atomic mass is 9.69. The summed E-state index contributed by atoms with van der Waals surface area (Å²) in [6, 6.07) is 3.23. The van der Waals surface area contributed by atoms with Gasteiger partial charge in [0.2, 0.25) is 5.82 Å². The van der Waals surface area contributed by atoms with E-state index in [0.29, 0.717) is 12.2 Å². The summed E-state index contributed by atoms with van der Waals surface area (Å²) in [7, 11) is 0. The Morgan fingerprint density at radius 3 is 1.70 bits per heavy atom. The SMILES string of the molecule is C/C=C/C1CCC(C2CCC(CCC)CC2)CC1.CCCC1CCC(C2CC=C(c3ccc(OCC)c(F)c3F)CC2)CC1. The third-order valence-electron chi connectivity index (χ3n) is 11.9. The van der Waals surface area contributed by atoms with E-state index in [1.807, 2.05) is 0 Å². The van der Waals surface area contributed by atoms with E-state index in [1.54, 1.807) is 31.9 Å². The lowest BCUT2D eigenvalue weighted by molar-refractivity contribution is 0.152. The van der Waals surface area contributed by atoms with E-state index in [9.17, 15) is 8.78 Å². The first-order valence-corrected chi connectivity index (χ1v) is 18.9. The van der Waals surface area contributed by atoms with Gasteiger partial charge < -0.3 is 4.74 Å². The monoisotopic (exact) mass is 610 g/mol. The van der Waals surface area contributed by atoms with E-state index in [0.717, 1.165) is 66.3 Å². The fourth-order valence-electron chi connectivity index (χ4n) is 9.37. The minimum Gasteiger partial charge on any atom is -0.491 e. The van der Waals surface area contributed by atoms with E-state index in [1.165, 1.54) is 89.9 Å². The molecule has 248 valence electrons. The van der Waals surface area contributed by atoms with Crippen molar-refractivity contribution in [3.05, 3.63) is 47.6 Å². The second-order valence-electron chi connectivity index (χ2n) is 14.8. The molecule has 0 aliphatic heterocycles. The van der Waals surface area contributed by atoms with E-state index >= 15 is 0 Å². The van der Waals surface area contributed by atoms with Gasteiger partial charge in [-0.1, -0.05) is 83.4 Å². The van der Waals surface area contributed by atoms with Gasteiger partial charge in [-0.25, -0.2) is 4.39 Å². The second-order valence-corrected chi connectivity index (χ2v) is 14.8. The zero-order chi connectivity index (χ0) is 31.3. The first-order valence-electron chi connectivity index (χ1n) is 18.9. The molecule has 1 atom stereocenters. The number of halogens is 2. The maximum Gasteiger partial charge on any atom is 0.201 e. The molecule has 4 aliphatic rings. The molecule has 3 heteroatoms. The van der Waals surface area contributed by atoms with Crippen LogP contribution in [0.2, 0.25) is 0 Å². The highest BCUT2D eigenvalue weighted by Crippen LogP contribution is 2.44. The summed E-state index contributed by atoms with van der Waals surface area (Å²) in [5.41, 5.74) is 1.37. The molecule has 5 rings (SSSR count). The van der Waals surface area contributed by atoms with Crippen molar-refractivity contribution in [3.8, 4) is 5.75 Å². The van der Waals surface area contributed by atoms with Gasteiger partial charge in [0.25, 0.3) is 0 Å². The number of allylic oxidation sites excluding steroid dienone is 4. The van der Waals surface area contributed by atoms with E-state index in [4.69, 9.17) is 4.74 Å². The molecule has 44 heavy (non-hydrogen) atoms. The highest BCUT2D eigenvalue weighted by molar-refractivity contribution is 5.67. The standard InChI is InChI=1S/C23H32F2O.C18H32/c1-3-5-16-6-8-17(9-7-16)18-10-12-19(13-11-18)20-14-15-21(26-4-2)23(25)22(20)24;1-3-5-15-7-11-17(12-8-15)18-13-9-16(6-4-2)10-14-18/h12,14-18H,3-11,13H2,1-2H3;3,5,15-18H,4,6-14H2,1-2H3/b;5-3+. The molecule has 0 heterocycles. The molecule has 1 aromatic carbocycles. The highest BCUT2D eigenvalue weighted by Gasteiger charge is 2.31. The van der Waals surface area contributed by atoms with Crippen LogP contribution in [0.5, 0.6) is 5.75 Å². The maximum atomic E-state index is 14.4. The fourth-order valence-corrected chi connectivity index (χ4v) is 9.37. The fraction of sp³-hybridized carbons (Fsp3) is 0.756. The van der Waals surface area contributed by atoms with Crippen molar-refractivity contribution in [3.63, 3.8) is 0 Å². The smallest absolute Gasteiger partial charge is 0.201 e. The summed E-state index contributed by atoms with van der Waals surface area (Å²) in [5.74, 6) is 5.01. The molecular formula is C41H64F2O. The molecule has 3 saturated carbocycles. The molecule has 0 saturated heterocycles. The van der Waals surface area contributed by atoms with Gasteiger partial charge in [0.15, 0.2) is 11.6 Å². The van der Waals surface area contributed by atoms with Crippen molar-refractivity contribution in [1.29, 1.82) is 0 Å². The minimum absolute atomic E-state index is 0.00637. The summed E-state index contributed by atoms with van der Waals surface area (Å²) in [4.78, 5) is 0. The highest BCUT2D eigenvalue weighted by atomic mass is 19.2. The molecule has 1 aromatic rings. The number of benzene rings is 1. The zero-order valence-electron chi connectivity index (χ0n) is 28.7. The Morgan fingerprint density at radius 2 is 1.23 bits per heavy atom. The van der Waals surface area contributed by atoms with Gasteiger partial charge in [-0.2, -0.15) is 4.39 Å². The van der Waals surface area contributed by atoms with Gasteiger partial charge >= 0.3 is 0 Å². The molecule has 0 N–H and O–H groups in total.